The van der Waals surface area contributed by atoms with Gasteiger partial charge in [-0.1, -0.05) is 23.7 Å². The Kier molecular flexibility index (Phi) is 3.24. The van der Waals surface area contributed by atoms with Crippen LogP contribution in [0.4, 0.5) is 11.4 Å². The van der Waals surface area contributed by atoms with Gasteiger partial charge in [0.2, 0.25) is 5.91 Å². The predicted molar refractivity (Wildman–Crippen MR) is 79.2 cm³/mol. The molecule has 20 heavy (non-hydrogen) atoms. The topological polar surface area (TPSA) is 61.4 Å². The van der Waals surface area contributed by atoms with Gasteiger partial charge in [-0.2, -0.15) is 0 Å². The quantitative estimate of drug-likeness (QED) is 0.813. The highest BCUT2D eigenvalue weighted by Crippen LogP contribution is 2.33. The van der Waals surface area contributed by atoms with Gasteiger partial charge in [0, 0.05) is 12.2 Å². The lowest BCUT2D eigenvalue weighted by Crippen LogP contribution is -2.03. The van der Waals surface area contributed by atoms with Crippen molar-refractivity contribution in [1.82, 2.24) is 0 Å². The van der Waals surface area contributed by atoms with Gasteiger partial charge in [0.05, 0.1) is 17.1 Å². The van der Waals surface area contributed by atoms with Crippen molar-refractivity contribution in [2.24, 2.45) is 0 Å². The van der Waals surface area contributed by atoms with Crippen molar-refractivity contribution in [2.45, 2.75) is 13.0 Å². The first-order valence-electron chi connectivity index (χ1n) is 6.26. The molecule has 2 aromatic rings. The van der Waals surface area contributed by atoms with E-state index in [-0.39, 0.29) is 11.7 Å². The molecule has 3 rings (SSSR count). The molecule has 0 saturated heterocycles. The van der Waals surface area contributed by atoms with E-state index in [9.17, 15) is 9.90 Å². The Morgan fingerprint density at radius 2 is 2.00 bits per heavy atom. The third-order valence-corrected chi connectivity index (χ3v) is 3.55. The largest absolute Gasteiger partial charge is 0.508 e. The second-order valence-corrected chi connectivity index (χ2v) is 5.14. The van der Waals surface area contributed by atoms with Crippen LogP contribution in [0.15, 0.2) is 36.4 Å². The molecular formula is C15H13ClN2O2. The number of nitrogens with one attached hydrogen (secondary N) is 2. The predicted octanol–water partition coefficient (Wildman–Crippen LogP) is 3.15. The number of halogens is 1. The number of phenols is 1. The molecule has 1 aliphatic rings. The van der Waals surface area contributed by atoms with Gasteiger partial charge in [-0.3, -0.25) is 4.79 Å². The molecule has 0 radical (unpaired) electrons. The second-order valence-electron chi connectivity index (χ2n) is 4.73. The molecule has 0 atom stereocenters. The molecule has 0 unspecified atom stereocenters. The average molecular weight is 289 g/mol. The van der Waals surface area contributed by atoms with E-state index in [4.69, 9.17) is 11.6 Å². The molecule has 3 N–H and O–H groups in total. The highest BCUT2D eigenvalue weighted by molar-refractivity contribution is 6.33. The number of hydrogen-bond acceptors (Lipinski definition) is 3. The molecule has 1 heterocycles. The summed E-state index contributed by atoms with van der Waals surface area (Å²) < 4.78 is 0. The molecule has 5 heteroatoms. The number of fused-ring (bicyclic) bond motifs is 1. The summed E-state index contributed by atoms with van der Waals surface area (Å²) >= 11 is 6.19. The molecule has 4 nitrogen and oxygen atoms in total. The second kappa shape index (κ2) is 5.06. The fraction of sp³-hybridized carbons (Fsp3) is 0.133. The standard InChI is InChI=1S/C15H13ClN2O2/c16-12-7-13-10(6-15(20)18-13)5-14(12)17-8-9-1-3-11(19)4-2-9/h1-5,7,17,19H,6,8H2,(H,18,20). The lowest BCUT2D eigenvalue weighted by Gasteiger charge is -2.10. The van der Waals surface area contributed by atoms with E-state index in [0.717, 1.165) is 22.5 Å². The van der Waals surface area contributed by atoms with Gasteiger partial charge in [0.25, 0.3) is 0 Å². The summed E-state index contributed by atoms with van der Waals surface area (Å²) in [6.45, 7) is 0.597. The lowest BCUT2D eigenvalue weighted by molar-refractivity contribution is -0.115. The Balaban J connectivity index is 1.76. The molecule has 1 amide bonds. The number of hydrogen-bond donors (Lipinski definition) is 3. The molecule has 0 spiro atoms. The third kappa shape index (κ3) is 2.56. The molecule has 0 aromatic heterocycles. The summed E-state index contributed by atoms with van der Waals surface area (Å²) in [5.41, 5.74) is 3.58. The van der Waals surface area contributed by atoms with E-state index in [1.807, 2.05) is 18.2 Å². The van der Waals surface area contributed by atoms with Gasteiger partial charge in [-0.05, 0) is 35.4 Å². The molecule has 2 aromatic carbocycles. The zero-order valence-electron chi connectivity index (χ0n) is 10.6. The minimum Gasteiger partial charge on any atom is -0.508 e. The Hall–Kier alpha value is -2.20. The van der Waals surface area contributed by atoms with Gasteiger partial charge in [0.1, 0.15) is 5.75 Å². The number of anilines is 2. The number of carbonyl (C=O) groups is 1. The van der Waals surface area contributed by atoms with E-state index < -0.39 is 0 Å². The van der Waals surface area contributed by atoms with Crippen LogP contribution >= 0.6 is 11.6 Å². The van der Waals surface area contributed by atoms with Crippen LogP contribution in [0.1, 0.15) is 11.1 Å². The third-order valence-electron chi connectivity index (χ3n) is 3.24. The van der Waals surface area contributed by atoms with Crippen molar-refractivity contribution in [3.8, 4) is 5.75 Å². The van der Waals surface area contributed by atoms with Gasteiger partial charge in [-0.25, -0.2) is 0 Å². The van der Waals surface area contributed by atoms with E-state index in [1.54, 1.807) is 18.2 Å². The van der Waals surface area contributed by atoms with Crippen LogP contribution < -0.4 is 10.6 Å². The van der Waals surface area contributed by atoms with Crippen LogP contribution in [-0.4, -0.2) is 11.0 Å². The number of aromatic hydroxyl groups is 1. The number of rotatable bonds is 3. The van der Waals surface area contributed by atoms with Crippen molar-refractivity contribution in [1.29, 1.82) is 0 Å². The molecule has 0 fully saturated rings. The maximum atomic E-state index is 11.3. The van der Waals surface area contributed by atoms with Gasteiger partial charge >= 0.3 is 0 Å². The van der Waals surface area contributed by atoms with Crippen LogP contribution in [-0.2, 0) is 17.8 Å². The summed E-state index contributed by atoms with van der Waals surface area (Å²) in [6, 6.07) is 10.6. The van der Waals surface area contributed by atoms with Crippen molar-refractivity contribution in [2.75, 3.05) is 10.6 Å². The van der Waals surface area contributed by atoms with Gasteiger partial charge in [-0.15, -0.1) is 0 Å². The van der Waals surface area contributed by atoms with Crippen LogP contribution in [0, 0.1) is 0 Å². The van der Waals surface area contributed by atoms with Crippen LogP contribution in [0.25, 0.3) is 0 Å². The molecule has 0 aliphatic carbocycles. The molecule has 0 bridgehead atoms. The summed E-state index contributed by atoms with van der Waals surface area (Å²) in [4.78, 5) is 11.3. The first-order chi connectivity index (χ1) is 9.61. The summed E-state index contributed by atoms with van der Waals surface area (Å²) in [6.07, 6.45) is 0.389. The number of benzene rings is 2. The number of carbonyl (C=O) groups excluding carboxylic acids is 1. The zero-order valence-corrected chi connectivity index (χ0v) is 11.4. The number of phenolic OH excluding ortho intramolecular Hbond substituents is 1. The monoisotopic (exact) mass is 288 g/mol. The SMILES string of the molecule is O=C1Cc2cc(NCc3ccc(O)cc3)c(Cl)cc2N1. The van der Waals surface area contributed by atoms with Crippen LogP contribution in [0.2, 0.25) is 5.02 Å². The normalized spacial score (nSPS) is 12.9. The Labute approximate surface area is 121 Å². The maximum absolute atomic E-state index is 11.3. The maximum Gasteiger partial charge on any atom is 0.228 e. The van der Waals surface area contributed by atoms with Crippen molar-refractivity contribution < 1.29 is 9.90 Å². The number of amides is 1. The summed E-state index contributed by atoms with van der Waals surface area (Å²) in [7, 11) is 0. The molecular weight excluding hydrogens is 276 g/mol. The smallest absolute Gasteiger partial charge is 0.228 e. The lowest BCUT2D eigenvalue weighted by atomic mass is 10.1. The first kappa shape index (κ1) is 12.8. The van der Waals surface area contributed by atoms with Gasteiger partial charge < -0.3 is 15.7 Å². The van der Waals surface area contributed by atoms with E-state index in [1.165, 1.54) is 0 Å². The van der Waals surface area contributed by atoms with Gasteiger partial charge in [0.15, 0.2) is 0 Å². The Bertz CT molecular complexity index is 668. The first-order valence-corrected chi connectivity index (χ1v) is 6.63. The molecule has 1 aliphatic heterocycles. The highest BCUT2D eigenvalue weighted by Gasteiger charge is 2.19. The highest BCUT2D eigenvalue weighted by atomic mass is 35.5. The summed E-state index contributed by atoms with van der Waals surface area (Å²) in [5.74, 6) is 0.237. The van der Waals surface area contributed by atoms with Crippen molar-refractivity contribution in [3.63, 3.8) is 0 Å². The average Bonchev–Trinajstić information content (AvgIpc) is 2.77. The van der Waals surface area contributed by atoms with E-state index in [2.05, 4.69) is 10.6 Å². The van der Waals surface area contributed by atoms with Crippen molar-refractivity contribution in [3.05, 3.63) is 52.5 Å². The van der Waals surface area contributed by atoms with Crippen LogP contribution in [0.5, 0.6) is 5.75 Å². The summed E-state index contributed by atoms with van der Waals surface area (Å²) in [5, 5.41) is 15.8. The Morgan fingerprint density at radius 1 is 1.25 bits per heavy atom. The molecule has 0 saturated carbocycles. The minimum atomic E-state index is -0.00764. The van der Waals surface area contributed by atoms with Crippen LogP contribution in [0.3, 0.4) is 0 Å². The fourth-order valence-corrected chi connectivity index (χ4v) is 2.43. The Morgan fingerprint density at radius 3 is 2.75 bits per heavy atom. The van der Waals surface area contributed by atoms with Crippen molar-refractivity contribution >= 4 is 28.9 Å². The van der Waals surface area contributed by atoms with E-state index in [0.29, 0.717) is 18.0 Å². The zero-order chi connectivity index (χ0) is 14.1. The molecule has 102 valence electrons. The van der Waals surface area contributed by atoms with E-state index >= 15 is 0 Å². The fourth-order valence-electron chi connectivity index (χ4n) is 2.19. The minimum absolute atomic E-state index is 0.00764.